The molecule has 1 N–H and O–H groups in total. The zero-order chi connectivity index (χ0) is 27.8. The molecule has 2 atom stereocenters. The lowest BCUT2D eigenvalue weighted by Gasteiger charge is -2.28. The molecule has 1 aliphatic heterocycles. The van der Waals surface area contributed by atoms with Crippen molar-refractivity contribution in [1.29, 1.82) is 0 Å². The van der Waals surface area contributed by atoms with Crippen LogP contribution in [-0.2, 0) is 0 Å². The normalized spacial score (nSPS) is 17.0. The first-order valence-electron chi connectivity index (χ1n) is 12.8. The molecule has 2 aromatic carbocycles. The Hall–Kier alpha value is -4.24. The fraction of sp³-hybridized carbons (Fsp3) is 0.267. The first kappa shape index (κ1) is 26.4. The number of non-ortho nitro benzene ring substituents is 1. The van der Waals surface area contributed by atoms with E-state index in [0.717, 1.165) is 28.3 Å². The van der Waals surface area contributed by atoms with Crippen LogP contribution in [0, 0.1) is 24.0 Å². The standard InChI is InChI=1S/C30H31N5O3S/c1-18(2)21-9-11-22(12-10-21)34-29(28(32-30(34)39)25-8-6-7-15-31-25)24-16-19(3)33(20(24)4)26-17-23(35(36)37)13-14-27(26)38-5/h6-18,28-29H,1-5H3,(H,32,39)/t28-,29-/m0/s1. The lowest BCUT2D eigenvalue weighted by atomic mass is 9.96. The second-order valence-electron chi connectivity index (χ2n) is 10.0. The van der Waals surface area contributed by atoms with E-state index in [1.165, 1.54) is 11.6 Å². The molecular weight excluding hydrogens is 510 g/mol. The van der Waals surface area contributed by atoms with E-state index in [-0.39, 0.29) is 17.8 Å². The second-order valence-corrected chi connectivity index (χ2v) is 10.4. The van der Waals surface area contributed by atoms with Crippen molar-refractivity contribution in [3.63, 3.8) is 0 Å². The van der Waals surface area contributed by atoms with Crippen LogP contribution in [0.4, 0.5) is 11.4 Å². The van der Waals surface area contributed by atoms with Crippen LogP contribution in [0.15, 0.2) is 72.9 Å². The molecule has 200 valence electrons. The van der Waals surface area contributed by atoms with Crippen LogP contribution in [0.2, 0.25) is 0 Å². The number of thiocarbonyl (C=S) groups is 1. The molecule has 0 amide bonds. The molecule has 5 rings (SSSR count). The zero-order valence-corrected chi connectivity index (χ0v) is 23.4. The highest BCUT2D eigenvalue weighted by Gasteiger charge is 2.42. The van der Waals surface area contributed by atoms with Gasteiger partial charge in [-0.1, -0.05) is 32.0 Å². The number of hydrogen-bond acceptors (Lipinski definition) is 5. The average molecular weight is 542 g/mol. The summed E-state index contributed by atoms with van der Waals surface area (Å²) in [6.45, 7) is 8.37. The van der Waals surface area contributed by atoms with Gasteiger partial charge in [0.05, 0.1) is 35.5 Å². The summed E-state index contributed by atoms with van der Waals surface area (Å²) in [6.07, 6.45) is 1.79. The summed E-state index contributed by atoms with van der Waals surface area (Å²) >= 11 is 5.91. The third-order valence-corrected chi connectivity index (χ3v) is 7.65. The van der Waals surface area contributed by atoms with Gasteiger partial charge in [-0.25, -0.2) is 0 Å². The molecule has 2 aromatic heterocycles. The van der Waals surface area contributed by atoms with Crippen molar-refractivity contribution < 1.29 is 9.66 Å². The first-order chi connectivity index (χ1) is 18.7. The number of hydrogen-bond donors (Lipinski definition) is 1. The molecule has 9 heteroatoms. The summed E-state index contributed by atoms with van der Waals surface area (Å²) in [5.41, 5.74) is 6.64. The van der Waals surface area contributed by atoms with Gasteiger partial charge in [-0.15, -0.1) is 0 Å². The molecule has 0 bridgehead atoms. The molecule has 4 aromatic rings. The van der Waals surface area contributed by atoms with Gasteiger partial charge in [-0.2, -0.15) is 0 Å². The highest BCUT2D eigenvalue weighted by atomic mass is 32.1. The number of aromatic nitrogens is 2. The summed E-state index contributed by atoms with van der Waals surface area (Å²) in [4.78, 5) is 18.0. The molecule has 0 radical (unpaired) electrons. The van der Waals surface area contributed by atoms with Gasteiger partial charge in [-0.3, -0.25) is 15.1 Å². The van der Waals surface area contributed by atoms with Crippen LogP contribution in [0.3, 0.4) is 0 Å². The summed E-state index contributed by atoms with van der Waals surface area (Å²) in [6, 6.07) is 20.7. The minimum absolute atomic E-state index is 0.00166. The predicted octanol–water partition coefficient (Wildman–Crippen LogP) is 6.71. The Labute approximate surface area is 233 Å². The predicted molar refractivity (Wildman–Crippen MR) is 157 cm³/mol. The van der Waals surface area contributed by atoms with Crippen molar-refractivity contribution in [2.45, 2.75) is 45.7 Å². The second kappa shape index (κ2) is 10.5. The third kappa shape index (κ3) is 4.74. The number of nitrogens with one attached hydrogen (secondary N) is 1. The number of anilines is 1. The summed E-state index contributed by atoms with van der Waals surface area (Å²) in [5, 5.41) is 15.7. The van der Waals surface area contributed by atoms with E-state index in [1.54, 1.807) is 25.4 Å². The molecule has 0 spiro atoms. The molecule has 8 nitrogen and oxygen atoms in total. The van der Waals surface area contributed by atoms with Gasteiger partial charge < -0.3 is 19.5 Å². The van der Waals surface area contributed by atoms with Crippen molar-refractivity contribution in [2.75, 3.05) is 12.0 Å². The zero-order valence-electron chi connectivity index (χ0n) is 22.6. The highest BCUT2D eigenvalue weighted by molar-refractivity contribution is 7.80. The smallest absolute Gasteiger partial charge is 0.271 e. The number of pyridine rings is 1. The van der Waals surface area contributed by atoms with E-state index < -0.39 is 4.92 Å². The number of benzene rings is 2. The van der Waals surface area contributed by atoms with Crippen LogP contribution in [-0.4, -0.2) is 26.7 Å². The van der Waals surface area contributed by atoms with Crippen LogP contribution in [0.1, 0.15) is 60.1 Å². The Bertz CT molecular complexity index is 1530. The van der Waals surface area contributed by atoms with E-state index in [0.29, 0.717) is 22.5 Å². The van der Waals surface area contributed by atoms with E-state index >= 15 is 0 Å². The maximum atomic E-state index is 11.6. The lowest BCUT2D eigenvalue weighted by Crippen LogP contribution is -2.29. The molecule has 3 heterocycles. The summed E-state index contributed by atoms with van der Waals surface area (Å²) in [7, 11) is 1.57. The topological polar surface area (TPSA) is 85.5 Å². The van der Waals surface area contributed by atoms with Crippen LogP contribution in [0.5, 0.6) is 5.75 Å². The molecule has 0 aliphatic carbocycles. The van der Waals surface area contributed by atoms with Crippen LogP contribution >= 0.6 is 12.2 Å². The first-order valence-corrected chi connectivity index (χ1v) is 13.2. The average Bonchev–Trinajstić information content (AvgIpc) is 3.43. The number of aryl methyl sites for hydroxylation is 1. The van der Waals surface area contributed by atoms with Gasteiger partial charge in [0.1, 0.15) is 5.75 Å². The molecule has 39 heavy (non-hydrogen) atoms. The Morgan fingerprint density at radius 2 is 1.82 bits per heavy atom. The highest BCUT2D eigenvalue weighted by Crippen LogP contribution is 2.44. The number of methoxy groups -OCH3 is 1. The number of nitro benzene ring substituents is 1. The quantitative estimate of drug-likeness (QED) is 0.158. The van der Waals surface area contributed by atoms with Crippen molar-refractivity contribution in [3.8, 4) is 11.4 Å². The molecule has 1 fully saturated rings. The lowest BCUT2D eigenvalue weighted by molar-refractivity contribution is -0.384. The van der Waals surface area contributed by atoms with Gasteiger partial charge in [-0.05, 0) is 79.5 Å². The maximum absolute atomic E-state index is 11.6. The summed E-state index contributed by atoms with van der Waals surface area (Å²) < 4.78 is 7.62. The third-order valence-electron chi connectivity index (χ3n) is 7.34. The SMILES string of the molecule is COc1ccc([N+](=O)[O-])cc1-n1c(C)cc([C@H]2[C@H](c3ccccn3)NC(=S)N2c2ccc(C(C)C)cc2)c1C. The van der Waals surface area contributed by atoms with Crippen molar-refractivity contribution in [2.24, 2.45) is 0 Å². The Balaban J connectivity index is 1.69. The Morgan fingerprint density at radius 3 is 2.44 bits per heavy atom. The van der Waals surface area contributed by atoms with Gasteiger partial charge in [0.2, 0.25) is 0 Å². The van der Waals surface area contributed by atoms with Crippen molar-refractivity contribution >= 4 is 28.7 Å². The van der Waals surface area contributed by atoms with E-state index in [4.69, 9.17) is 17.0 Å². The Morgan fingerprint density at radius 1 is 1.08 bits per heavy atom. The Kier molecular flexibility index (Phi) is 7.10. The number of nitro groups is 1. The fourth-order valence-electron chi connectivity index (χ4n) is 5.39. The number of ether oxygens (including phenoxy) is 1. The fourth-order valence-corrected chi connectivity index (χ4v) is 5.74. The van der Waals surface area contributed by atoms with E-state index in [2.05, 4.69) is 59.4 Å². The van der Waals surface area contributed by atoms with Crippen LogP contribution < -0.4 is 15.0 Å². The van der Waals surface area contributed by atoms with Crippen molar-refractivity contribution in [1.82, 2.24) is 14.9 Å². The molecule has 1 saturated heterocycles. The van der Waals surface area contributed by atoms with Gasteiger partial charge in [0.25, 0.3) is 5.69 Å². The minimum atomic E-state index is -0.392. The number of nitrogens with zero attached hydrogens (tertiary/aromatic N) is 4. The molecule has 0 unspecified atom stereocenters. The maximum Gasteiger partial charge on any atom is 0.271 e. The molecule has 1 aliphatic rings. The van der Waals surface area contributed by atoms with E-state index in [9.17, 15) is 10.1 Å². The molecule has 0 saturated carbocycles. The largest absolute Gasteiger partial charge is 0.495 e. The van der Waals surface area contributed by atoms with Gasteiger partial charge >= 0.3 is 0 Å². The van der Waals surface area contributed by atoms with Crippen molar-refractivity contribution in [3.05, 3.63) is 111 Å². The van der Waals surface area contributed by atoms with Gasteiger partial charge in [0, 0.05) is 35.4 Å². The minimum Gasteiger partial charge on any atom is -0.495 e. The molecular formula is C30H31N5O3S. The van der Waals surface area contributed by atoms with Crippen LogP contribution in [0.25, 0.3) is 5.69 Å². The summed E-state index contributed by atoms with van der Waals surface area (Å²) in [5.74, 6) is 0.972. The number of rotatable bonds is 7. The van der Waals surface area contributed by atoms with Gasteiger partial charge in [0.15, 0.2) is 5.11 Å². The monoisotopic (exact) mass is 541 g/mol. The van der Waals surface area contributed by atoms with E-state index in [1.807, 2.05) is 36.6 Å².